The third-order valence-corrected chi connectivity index (χ3v) is 4.40. The smallest absolute Gasteiger partial charge is 0.269 e. The van der Waals surface area contributed by atoms with Crippen LogP contribution in [0.5, 0.6) is 0 Å². The molecule has 8 heteroatoms. The van der Waals surface area contributed by atoms with E-state index in [0.29, 0.717) is 28.1 Å². The number of nitrogens with zero attached hydrogens (tertiary/aromatic N) is 3. The summed E-state index contributed by atoms with van der Waals surface area (Å²) in [7, 11) is 0. The largest absolute Gasteiger partial charge is 0.347 e. The van der Waals surface area contributed by atoms with Gasteiger partial charge in [0.1, 0.15) is 6.07 Å². The van der Waals surface area contributed by atoms with E-state index in [1.54, 1.807) is 6.07 Å². The predicted octanol–water partition coefficient (Wildman–Crippen LogP) is 3.53. The first-order chi connectivity index (χ1) is 14.0. The Labute approximate surface area is 173 Å². The van der Waals surface area contributed by atoms with Gasteiger partial charge in [-0.3, -0.25) is 20.4 Å². The maximum atomic E-state index is 11.2. The van der Waals surface area contributed by atoms with Crippen LogP contribution in [0.2, 0.25) is 5.02 Å². The van der Waals surface area contributed by atoms with E-state index in [1.807, 2.05) is 29.8 Å². The highest BCUT2D eigenvalue weighted by atomic mass is 35.5. The molecule has 2 aromatic carbocycles. The third-order valence-electron chi connectivity index (χ3n) is 3.99. The number of amides is 2. The molecule has 0 aliphatic carbocycles. The number of benzene rings is 2. The number of fused-ring (bicyclic) bond motifs is 1. The van der Waals surface area contributed by atoms with E-state index in [0.717, 1.165) is 23.9 Å². The molecular formula is C21H18ClN5O2. The number of nitrogens with one attached hydrogen (secondary N) is 2. The van der Waals surface area contributed by atoms with E-state index < -0.39 is 5.91 Å². The summed E-state index contributed by atoms with van der Waals surface area (Å²) in [5.41, 5.74) is 6.66. The standard InChI is InChI=1S/C12H11ClN2.C9H7N3O2/c1-2-6-15-7-5-10-11(15)4-3-9(8-14)12(10)13;10-5-7-1-3-8(4-2-7)9(14)12-11-6-13/h3-5,7H,2,6H2,1H3;1-4,6H,(H,11,13)(H,12,14). The van der Waals surface area contributed by atoms with E-state index >= 15 is 0 Å². The molecule has 0 unspecified atom stereocenters. The van der Waals surface area contributed by atoms with Crippen LogP contribution < -0.4 is 10.9 Å². The number of halogens is 1. The molecule has 1 heterocycles. The van der Waals surface area contributed by atoms with Crippen LogP contribution in [0.15, 0.2) is 48.7 Å². The lowest BCUT2D eigenvalue weighted by molar-refractivity contribution is -0.110. The summed E-state index contributed by atoms with van der Waals surface area (Å²) in [6, 6.07) is 15.8. The van der Waals surface area contributed by atoms with Gasteiger partial charge in [-0.25, -0.2) is 0 Å². The van der Waals surface area contributed by atoms with Crippen molar-refractivity contribution >= 4 is 34.8 Å². The minimum Gasteiger partial charge on any atom is -0.347 e. The monoisotopic (exact) mass is 407 g/mol. The molecule has 0 fully saturated rings. The molecular weight excluding hydrogens is 390 g/mol. The number of hydrazine groups is 1. The van der Waals surface area contributed by atoms with Crippen LogP contribution >= 0.6 is 11.6 Å². The van der Waals surface area contributed by atoms with Gasteiger partial charge in [0.25, 0.3) is 5.91 Å². The Kier molecular flexibility index (Phi) is 7.78. The molecule has 3 rings (SSSR count). The second-order valence-electron chi connectivity index (χ2n) is 5.89. The second kappa shape index (κ2) is 10.5. The fourth-order valence-corrected chi connectivity index (χ4v) is 2.89. The lowest BCUT2D eigenvalue weighted by atomic mass is 10.1. The maximum absolute atomic E-state index is 11.2. The van der Waals surface area contributed by atoms with Gasteiger partial charge >= 0.3 is 0 Å². The number of carbonyl (C=O) groups is 2. The zero-order chi connectivity index (χ0) is 21.2. The number of aryl methyl sites for hydroxylation is 1. The van der Waals surface area contributed by atoms with E-state index in [9.17, 15) is 9.59 Å². The van der Waals surface area contributed by atoms with Gasteiger partial charge in [0.15, 0.2) is 0 Å². The molecule has 0 radical (unpaired) electrons. The van der Waals surface area contributed by atoms with Gasteiger partial charge < -0.3 is 4.57 Å². The molecule has 0 saturated carbocycles. The van der Waals surface area contributed by atoms with Gasteiger partial charge in [-0.15, -0.1) is 0 Å². The summed E-state index contributed by atoms with van der Waals surface area (Å²) in [6.07, 6.45) is 3.46. The van der Waals surface area contributed by atoms with Crippen LogP contribution in [0.4, 0.5) is 0 Å². The van der Waals surface area contributed by atoms with Crippen molar-refractivity contribution in [2.75, 3.05) is 0 Å². The summed E-state index contributed by atoms with van der Waals surface area (Å²) in [6.45, 7) is 3.11. The number of aromatic nitrogens is 1. The Hall–Kier alpha value is -3.81. The molecule has 0 aliphatic heterocycles. The Morgan fingerprint density at radius 2 is 1.86 bits per heavy atom. The molecule has 0 atom stereocenters. The van der Waals surface area contributed by atoms with E-state index in [-0.39, 0.29) is 0 Å². The van der Waals surface area contributed by atoms with Crippen LogP contribution in [0.25, 0.3) is 10.9 Å². The fourth-order valence-electron chi connectivity index (χ4n) is 2.62. The lowest BCUT2D eigenvalue weighted by Gasteiger charge is -2.03. The zero-order valence-electron chi connectivity index (χ0n) is 15.6. The van der Waals surface area contributed by atoms with Crippen LogP contribution in [0.1, 0.15) is 34.8 Å². The molecule has 0 aliphatic rings. The minimum atomic E-state index is -0.429. The highest BCUT2D eigenvalue weighted by Crippen LogP contribution is 2.27. The van der Waals surface area contributed by atoms with Crippen molar-refractivity contribution in [1.82, 2.24) is 15.4 Å². The summed E-state index contributed by atoms with van der Waals surface area (Å²) in [5.74, 6) is -0.429. The molecule has 29 heavy (non-hydrogen) atoms. The van der Waals surface area contributed by atoms with Crippen molar-refractivity contribution in [2.24, 2.45) is 0 Å². The fraction of sp³-hybridized carbons (Fsp3) is 0.143. The average molecular weight is 408 g/mol. The van der Waals surface area contributed by atoms with Gasteiger partial charge in [-0.2, -0.15) is 10.5 Å². The average Bonchev–Trinajstić information content (AvgIpc) is 3.17. The summed E-state index contributed by atoms with van der Waals surface area (Å²) >= 11 is 6.12. The normalized spacial score (nSPS) is 9.52. The molecule has 1 aromatic heterocycles. The van der Waals surface area contributed by atoms with Crippen LogP contribution in [0.3, 0.4) is 0 Å². The van der Waals surface area contributed by atoms with Crippen molar-refractivity contribution in [3.8, 4) is 12.1 Å². The minimum absolute atomic E-state index is 0.363. The van der Waals surface area contributed by atoms with Crippen LogP contribution in [0, 0.1) is 22.7 Å². The van der Waals surface area contributed by atoms with Crippen molar-refractivity contribution in [2.45, 2.75) is 19.9 Å². The molecule has 0 bridgehead atoms. The Morgan fingerprint density at radius 1 is 1.14 bits per heavy atom. The highest BCUT2D eigenvalue weighted by molar-refractivity contribution is 6.36. The summed E-state index contributed by atoms with van der Waals surface area (Å²) < 4.78 is 2.16. The number of nitriles is 2. The van der Waals surface area contributed by atoms with Crippen molar-refractivity contribution in [3.63, 3.8) is 0 Å². The first-order valence-corrected chi connectivity index (χ1v) is 9.10. The molecule has 146 valence electrons. The van der Waals surface area contributed by atoms with Gasteiger partial charge in [0.05, 0.1) is 22.2 Å². The lowest BCUT2D eigenvalue weighted by Crippen LogP contribution is -2.36. The summed E-state index contributed by atoms with van der Waals surface area (Å²) in [5, 5.41) is 18.9. The Bertz CT molecular complexity index is 1090. The first-order valence-electron chi connectivity index (χ1n) is 8.72. The molecule has 7 nitrogen and oxygen atoms in total. The van der Waals surface area contributed by atoms with Gasteiger partial charge in [0, 0.05) is 29.2 Å². The Balaban J connectivity index is 0.000000208. The van der Waals surface area contributed by atoms with Crippen LogP contribution in [-0.2, 0) is 11.3 Å². The zero-order valence-corrected chi connectivity index (χ0v) is 16.4. The SMILES string of the molecule is CCCn1ccc2c(Cl)c(C#N)ccc21.N#Cc1ccc(C(=O)NNC=O)cc1. The molecule has 0 spiro atoms. The van der Waals surface area contributed by atoms with Gasteiger partial charge in [0.2, 0.25) is 6.41 Å². The van der Waals surface area contributed by atoms with Gasteiger partial charge in [-0.05, 0) is 48.9 Å². The molecule has 3 aromatic rings. The number of hydrogen-bond donors (Lipinski definition) is 2. The van der Waals surface area contributed by atoms with E-state index in [1.165, 1.54) is 24.3 Å². The van der Waals surface area contributed by atoms with Crippen molar-refractivity contribution in [3.05, 3.63) is 70.4 Å². The number of rotatable bonds is 5. The summed E-state index contributed by atoms with van der Waals surface area (Å²) in [4.78, 5) is 21.1. The van der Waals surface area contributed by atoms with E-state index in [2.05, 4.69) is 23.0 Å². The number of carbonyl (C=O) groups excluding carboxylic acids is 2. The third kappa shape index (κ3) is 5.35. The van der Waals surface area contributed by atoms with Crippen molar-refractivity contribution < 1.29 is 9.59 Å². The Morgan fingerprint density at radius 3 is 2.45 bits per heavy atom. The molecule has 2 N–H and O–H groups in total. The molecule has 2 amide bonds. The van der Waals surface area contributed by atoms with Crippen molar-refractivity contribution in [1.29, 1.82) is 10.5 Å². The first kappa shape index (κ1) is 21.5. The second-order valence-corrected chi connectivity index (χ2v) is 6.26. The maximum Gasteiger partial charge on any atom is 0.269 e. The van der Waals surface area contributed by atoms with Gasteiger partial charge in [-0.1, -0.05) is 18.5 Å². The quantitative estimate of drug-likeness (QED) is 0.497. The van der Waals surface area contributed by atoms with Crippen LogP contribution in [-0.4, -0.2) is 16.9 Å². The topological polar surface area (TPSA) is 111 Å². The predicted molar refractivity (Wildman–Crippen MR) is 110 cm³/mol. The molecule has 0 saturated heterocycles. The van der Waals surface area contributed by atoms with E-state index in [4.69, 9.17) is 22.1 Å². The number of hydrogen-bond acceptors (Lipinski definition) is 4. The highest BCUT2D eigenvalue weighted by Gasteiger charge is 2.08.